The third-order valence-corrected chi connectivity index (χ3v) is 3.79. The molecule has 1 nitrogen and oxygen atoms in total. The van der Waals surface area contributed by atoms with Crippen LogP contribution in [0.15, 0.2) is 24.3 Å². The van der Waals surface area contributed by atoms with Crippen LogP contribution in [0.4, 0.5) is 0 Å². The molecule has 0 saturated carbocycles. The van der Waals surface area contributed by atoms with Crippen LogP contribution in [-0.2, 0) is 0 Å². The highest BCUT2D eigenvalue weighted by atomic mass is 16.3. The van der Waals surface area contributed by atoms with Crippen molar-refractivity contribution in [2.75, 3.05) is 0 Å². The van der Waals surface area contributed by atoms with Crippen LogP contribution >= 0.6 is 0 Å². The highest BCUT2D eigenvalue weighted by Gasteiger charge is 2.37. The summed E-state index contributed by atoms with van der Waals surface area (Å²) in [6, 6.07) is 0. The lowest BCUT2D eigenvalue weighted by atomic mass is 9.69. The van der Waals surface area contributed by atoms with Crippen LogP contribution in [0, 0.1) is 17.8 Å². The molecule has 0 aromatic carbocycles. The summed E-state index contributed by atoms with van der Waals surface area (Å²) in [6.07, 6.45) is 10.3. The first-order valence-electron chi connectivity index (χ1n) is 6.12. The van der Waals surface area contributed by atoms with Crippen molar-refractivity contribution in [3.63, 3.8) is 0 Å². The van der Waals surface area contributed by atoms with E-state index < -0.39 is 5.60 Å². The van der Waals surface area contributed by atoms with E-state index in [2.05, 4.69) is 52.0 Å². The lowest BCUT2D eigenvalue weighted by molar-refractivity contribution is -0.0290. The number of rotatable bonds is 4. The first-order valence-corrected chi connectivity index (χ1v) is 6.12. The molecule has 15 heavy (non-hydrogen) atoms. The Morgan fingerprint density at radius 2 is 1.67 bits per heavy atom. The minimum Gasteiger partial charge on any atom is -0.389 e. The van der Waals surface area contributed by atoms with E-state index >= 15 is 0 Å². The lowest BCUT2D eigenvalue weighted by Crippen LogP contribution is -2.41. The van der Waals surface area contributed by atoms with Crippen molar-refractivity contribution >= 4 is 0 Å². The molecule has 0 saturated heterocycles. The molecule has 0 radical (unpaired) electrons. The molecule has 0 heterocycles. The van der Waals surface area contributed by atoms with Gasteiger partial charge in [0.25, 0.3) is 0 Å². The van der Waals surface area contributed by atoms with Crippen molar-refractivity contribution in [3.05, 3.63) is 24.3 Å². The van der Waals surface area contributed by atoms with Gasteiger partial charge >= 0.3 is 0 Å². The zero-order valence-electron chi connectivity index (χ0n) is 10.4. The van der Waals surface area contributed by atoms with E-state index in [0.29, 0.717) is 11.8 Å². The quantitative estimate of drug-likeness (QED) is 0.749. The average molecular weight is 208 g/mol. The van der Waals surface area contributed by atoms with Crippen molar-refractivity contribution in [2.24, 2.45) is 17.8 Å². The second-order valence-electron chi connectivity index (χ2n) is 4.93. The molecule has 0 aromatic rings. The van der Waals surface area contributed by atoms with Crippen LogP contribution in [0.5, 0.6) is 0 Å². The molecule has 1 aliphatic rings. The molecule has 1 aliphatic carbocycles. The number of aliphatic hydroxyl groups is 1. The first-order chi connectivity index (χ1) is 7.05. The maximum atomic E-state index is 10.6. The Morgan fingerprint density at radius 1 is 1.13 bits per heavy atom. The van der Waals surface area contributed by atoms with E-state index in [0.717, 1.165) is 12.8 Å². The summed E-state index contributed by atoms with van der Waals surface area (Å²) >= 11 is 0. The van der Waals surface area contributed by atoms with Crippen LogP contribution in [0.1, 0.15) is 40.5 Å². The van der Waals surface area contributed by atoms with Gasteiger partial charge in [-0.15, -0.1) is 0 Å². The Bertz CT molecular complexity index is 246. The normalized spacial score (nSPS) is 26.3. The highest BCUT2D eigenvalue weighted by Crippen LogP contribution is 2.38. The molecule has 0 spiro atoms. The molecule has 0 aliphatic heterocycles. The van der Waals surface area contributed by atoms with Crippen LogP contribution in [0.2, 0.25) is 0 Å². The van der Waals surface area contributed by atoms with Gasteiger partial charge in [-0.3, -0.25) is 0 Å². The van der Waals surface area contributed by atoms with Gasteiger partial charge in [-0.05, 0) is 24.7 Å². The maximum Gasteiger partial charge on any atom is 0.0710 e. The van der Waals surface area contributed by atoms with Gasteiger partial charge in [-0.25, -0.2) is 0 Å². The zero-order valence-corrected chi connectivity index (χ0v) is 10.4. The summed E-state index contributed by atoms with van der Waals surface area (Å²) in [4.78, 5) is 0. The molecular formula is C14H24O. The van der Waals surface area contributed by atoms with E-state index in [9.17, 15) is 5.11 Å². The number of hydrogen-bond donors (Lipinski definition) is 1. The average Bonchev–Trinajstić information content (AvgIpc) is 2.28. The Morgan fingerprint density at radius 3 is 2.13 bits per heavy atom. The van der Waals surface area contributed by atoms with E-state index in [1.807, 2.05) is 0 Å². The molecule has 0 unspecified atom stereocenters. The van der Waals surface area contributed by atoms with E-state index in [4.69, 9.17) is 0 Å². The molecule has 2 atom stereocenters. The molecule has 0 amide bonds. The lowest BCUT2D eigenvalue weighted by Gasteiger charge is -2.40. The third kappa shape index (κ3) is 2.52. The molecule has 0 bridgehead atoms. The second-order valence-corrected chi connectivity index (χ2v) is 4.93. The first kappa shape index (κ1) is 12.5. The monoisotopic (exact) mass is 208 g/mol. The number of allylic oxidation sites excluding steroid dienone is 3. The predicted octanol–water partition coefficient (Wildman–Crippen LogP) is 3.55. The fourth-order valence-electron chi connectivity index (χ4n) is 2.52. The molecule has 0 fully saturated rings. The molecular weight excluding hydrogens is 184 g/mol. The minimum atomic E-state index is -0.532. The SMILES string of the molecule is CCC(O)(CC)[C@H]1C=CC=C[C@@H]1C(C)C. The maximum absolute atomic E-state index is 10.6. The van der Waals surface area contributed by atoms with Crippen LogP contribution in [-0.4, -0.2) is 10.7 Å². The molecule has 1 rings (SSSR count). The summed E-state index contributed by atoms with van der Waals surface area (Å²) in [5.41, 5.74) is -0.532. The van der Waals surface area contributed by atoms with Gasteiger partial charge in [0, 0.05) is 5.92 Å². The van der Waals surface area contributed by atoms with E-state index in [-0.39, 0.29) is 5.92 Å². The fraction of sp³-hybridized carbons (Fsp3) is 0.714. The zero-order chi connectivity index (χ0) is 11.5. The van der Waals surface area contributed by atoms with Crippen LogP contribution in [0.25, 0.3) is 0 Å². The van der Waals surface area contributed by atoms with Gasteiger partial charge in [0.2, 0.25) is 0 Å². The van der Waals surface area contributed by atoms with Crippen molar-refractivity contribution in [1.82, 2.24) is 0 Å². The van der Waals surface area contributed by atoms with Crippen LogP contribution in [0.3, 0.4) is 0 Å². The standard InChI is InChI=1S/C14H24O/c1-5-14(15,6-2)13-10-8-7-9-12(13)11(3)4/h7-13,15H,5-6H2,1-4H3/t12-,13+/m1/s1. The summed E-state index contributed by atoms with van der Waals surface area (Å²) in [7, 11) is 0. The molecule has 86 valence electrons. The Hall–Kier alpha value is -0.560. The van der Waals surface area contributed by atoms with Gasteiger partial charge in [-0.2, -0.15) is 0 Å². The van der Waals surface area contributed by atoms with E-state index in [1.165, 1.54) is 0 Å². The number of hydrogen-bond acceptors (Lipinski definition) is 1. The van der Waals surface area contributed by atoms with E-state index in [1.54, 1.807) is 0 Å². The van der Waals surface area contributed by atoms with Crippen molar-refractivity contribution in [1.29, 1.82) is 0 Å². The van der Waals surface area contributed by atoms with Gasteiger partial charge in [0.15, 0.2) is 0 Å². The largest absolute Gasteiger partial charge is 0.389 e. The summed E-state index contributed by atoms with van der Waals surface area (Å²) in [6.45, 7) is 8.61. The van der Waals surface area contributed by atoms with Crippen molar-refractivity contribution in [2.45, 2.75) is 46.1 Å². The Labute approximate surface area is 93.9 Å². The summed E-state index contributed by atoms with van der Waals surface area (Å²) in [5, 5.41) is 10.6. The minimum absolute atomic E-state index is 0.275. The summed E-state index contributed by atoms with van der Waals surface area (Å²) < 4.78 is 0. The molecule has 1 heteroatoms. The van der Waals surface area contributed by atoms with Crippen molar-refractivity contribution < 1.29 is 5.11 Å². The second kappa shape index (κ2) is 4.98. The predicted molar refractivity (Wildman–Crippen MR) is 65.6 cm³/mol. The highest BCUT2D eigenvalue weighted by molar-refractivity contribution is 5.18. The van der Waals surface area contributed by atoms with Gasteiger partial charge in [0.1, 0.15) is 0 Å². The molecule has 1 N–H and O–H groups in total. The Balaban J connectivity index is 2.91. The summed E-state index contributed by atoms with van der Waals surface area (Å²) in [5.74, 6) is 1.33. The Kier molecular flexibility index (Phi) is 4.15. The fourth-order valence-corrected chi connectivity index (χ4v) is 2.52. The van der Waals surface area contributed by atoms with Crippen LogP contribution < -0.4 is 0 Å². The van der Waals surface area contributed by atoms with Crippen molar-refractivity contribution in [3.8, 4) is 0 Å². The van der Waals surface area contributed by atoms with Gasteiger partial charge in [0.05, 0.1) is 5.60 Å². The molecule has 0 aromatic heterocycles. The third-order valence-electron chi connectivity index (χ3n) is 3.79. The smallest absolute Gasteiger partial charge is 0.0710 e. The van der Waals surface area contributed by atoms with Gasteiger partial charge in [-0.1, -0.05) is 52.0 Å². The topological polar surface area (TPSA) is 20.2 Å². The van der Waals surface area contributed by atoms with Gasteiger partial charge < -0.3 is 5.11 Å².